The van der Waals surface area contributed by atoms with Gasteiger partial charge in [-0.2, -0.15) is 4.68 Å². The maximum Gasteiger partial charge on any atom is 0.253 e. The zero-order chi connectivity index (χ0) is 13.0. The Hall–Kier alpha value is -2.21. The Morgan fingerprint density at radius 2 is 2.39 bits per heavy atom. The Kier molecular flexibility index (Phi) is 3.69. The smallest absolute Gasteiger partial charge is 0.253 e. The predicted molar refractivity (Wildman–Crippen MR) is 66.7 cm³/mol. The van der Waals surface area contributed by atoms with Crippen LogP contribution in [0, 0.1) is 0 Å². The molecule has 0 spiro atoms. The lowest BCUT2D eigenvalue weighted by molar-refractivity contribution is 0.0958. The van der Waals surface area contributed by atoms with Crippen molar-refractivity contribution in [3.63, 3.8) is 0 Å². The molecule has 0 aliphatic heterocycles. The van der Waals surface area contributed by atoms with E-state index in [0.717, 1.165) is 0 Å². The summed E-state index contributed by atoms with van der Waals surface area (Å²) in [5, 5.41) is 14.0. The second-order valence-electron chi connectivity index (χ2n) is 3.41. The minimum Gasteiger partial charge on any atom is -0.349 e. The van der Waals surface area contributed by atoms with Crippen LogP contribution in [0.4, 0.5) is 0 Å². The van der Waals surface area contributed by atoms with E-state index in [4.69, 9.17) is 11.6 Å². The standard InChI is InChI=1S/C11H10ClN5O/c1-2-5-13-11(18)9-4-3-8(12)6-10(9)17-7-14-15-16-17/h2-4,6-7H,1,5H2,(H,13,18). The van der Waals surface area contributed by atoms with Crippen molar-refractivity contribution in [3.05, 3.63) is 47.8 Å². The van der Waals surface area contributed by atoms with Crippen LogP contribution in [-0.4, -0.2) is 32.7 Å². The lowest BCUT2D eigenvalue weighted by Gasteiger charge is -2.08. The summed E-state index contributed by atoms with van der Waals surface area (Å²) in [7, 11) is 0. The maximum atomic E-state index is 11.9. The molecule has 1 heterocycles. The average molecular weight is 264 g/mol. The van der Waals surface area contributed by atoms with Gasteiger partial charge in [0.2, 0.25) is 0 Å². The number of aromatic nitrogens is 4. The number of tetrazole rings is 1. The fraction of sp³-hybridized carbons (Fsp3) is 0.0909. The fourth-order valence-corrected chi connectivity index (χ4v) is 1.58. The molecule has 0 saturated carbocycles. The van der Waals surface area contributed by atoms with Gasteiger partial charge >= 0.3 is 0 Å². The van der Waals surface area contributed by atoms with Crippen molar-refractivity contribution in [1.29, 1.82) is 0 Å². The molecule has 0 fully saturated rings. The minimum absolute atomic E-state index is 0.239. The lowest BCUT2D eigenvalue weighted by atomic mass is 10.1. The molecule has 0 saturated heterocycles. The molecule has 1 aromatic carbocycles. The zero-order valence-electron chi connectivity index (χ0n) is 9.38. The van der Waals surface area contributed by atoms with Crippen molar-refractivity contribution in [2.45, 2.75) is 0 Å². The molecule has 0 radical (unpaired) electrons. The van der Waals surface area contributed by atoms with Gasteiger partial charge in [-0.25, -0.2) is 0 Å². The Morgan fingerprint density at radius 1 is 1.56 bits per heavy atom. The van der Waals surface area contributed by atoms with E-state index in [2.05, 4.69) is 27.4 Å². The molecular formula is C11H10ClN5O. The van der Waals surface area contributed by atoms with Gasteiger partial charge in [0.05, 0.1) is 11.3 Å². The van der Waals surface area contributed by atoms with E-state index in [1.165, 1.54) is 11.0 Å². The summed E-state index contributed by atoms with van der Waals surface area (Å²) in [6.07, 6.45) is 3.00. The number of hydrogen-bond donors (Lipinski definition) is 1. The van der Waals surface area contributed by atoms with Gasteiger partial charge in [-0.15, -0.1) is 11.7 Å². The highest BCUT2D eigenvalue weighted by Crippen LogP contribution is 2.19. The van der Waals surface area contributed by atoms with Gasteiger partial charge in [-0.3, -0.25) is 4.79 Å². The first-order chi connectivity index (χ1) is 8.72. The number of amides is 1. The molecule has 92 valence electrons. The number of rotatable bonds is 4. The number of hydrogen-bond acceptors (Lipinski definition) is 4. The molecule has 1 amide bonds. The van der Waals surface area contributed by atoms with Gasteiger partial charge < -0.3 is 5.32 Å². The van der Waals surface area contributed by atoms with E-state index < -0.39 is 0 Å². The Morgan fingerprint density at radius 3 is 3.06 bits per heavy atom. The van der Waals surface area contributed by atoms with E-state index in [9.17, 15) is 4.79 Å². The van der Waals surface area contributed by atoms with Crippen molar-refractivity contribution in [2.24, 2.45) is 0 Å². The number of carbonyl (C=O) groups excluding carboxylic acids is 1. The molecule has 1 aromatic heterocycles. The molecule has 0 aliphatic rings. The number of nitrogens with one attached hydrogen (secondary N) is 1. The van der Waals surface area contributed by atoms with Crippen LogP contribution in [0.3, 0.4) is 0 Å². The van der Waals surface area contributed by atoms with E-state index in [0.29, 0.717) is 22.8 Å². The van der Waals surface area contributed by atoms with Crippen LogP contribution in [0.2, 0.25) is 5.02 Å². The second kappa shape index (κ2) is 5.42. The van der Waals surface area contributed by atoms with Gasteiger partial charge in [0.25, 0.3) is 5.91 Å². The highest BCUT2D eigenvalue weighted by molar-refractivity contribution is 6.31. The first kappa shape index (κ1) is 12.3. The van der Waals surface area contributed by atoms with E-state index in [1.54, 1.807) is 24.3 Å². The molecule has 2 aromatic rings. The van der Waals surface area contributed by atoms with Gasteiger partial charge in [0, 0.05) is 11.6 Å². The normalized spacial score (nSPS) is 10.1. The number of halogens is 1. The molecule has 18 heavy (non-hydrogen) atoms. The van der Waals surface area contributed by atoms with Crippen LogP contribution in [0.5, 0.6) is 0 Å². The molecular weight excluding hydrogens is 254 g/mol. The van der Waals surface area contributed by atoms with Gasteiger partial charge in [-0.05, 0) is 28.6 Å². The molecule has 1 N–H and O–H groups in total. The van der Waals surface area contributed by atoms with Crippen molar-refractivity contribution in [1.82, 2.24) is 25.5 Å². The largest absolute Gasteiger partial charge is 0.349 e. The van der Waals surface area contributed by atoms with Crippen LogP contribution < -0.4 is 5.32 Å². The monoisotopic (exact) mass is 263 g/mol. The Bertz CT molecular complexity index is 567. The van der Waals surface area contributed by atoms with Gasteiger partial charge in [0.1, 0.15) is 6.33 Å². The Labute approximate surface area is 108 Å². The van der Waals surface area contributed by atoms with E-state index in [1.807, 2.05) is 0 Å². The van der Waals surface area contributed by atoms with Crippen molar-refractivity contribution < 1.29 is 4.79 Å². The Balaban J connectivity index is 2.41. The van der Waals surface area contributed by atoms with Crippen LogP contribution in [0.1, 0.15) is 10.4 Å². The third kappa shape index (κ3) is 2.54. The number of carbonyl (C=O) groups is 1. The SMILES string of the molecule is C=CCNC(=O)c1ccc(Cl)cc1-n1cnnn1. The summed E-state index contributed by atoms with van der Waals surface area (Å²) < 4.78 is 1.38. The number of nitrogens with zero attached hydrogens (tertiary/aromatic N) is 4. The molecule has 7 heteroatoms. The van der Waals surface area contributed by atoms with E-state index >= 15 is 0 Å². The fourth-order valence-electron chi connectivity index (χ4n) is 1.42. The summed E-state index contributed by atoms with van der Waals surface area (Å²) in [4.78, 5) is 11.9. The van der Waals surface area contributed by atoms with Gasteiger partial charge in [-0.1, -0.05) is 17.7 Å². The first-order valence-electron chi connectivity index (χ1n) is 5.14. The molecule has 2 rings (SSSR count). The summed E-state index contributed by atoms with van der Waals surface area (Å²) in [5.41, 5.74) is 0.961. The number of benzene rings is 1. The lowest BCUT2D eigenvalue weighted by Crippen LogP contribution is -2.24. The summed E-state index contributed by atoms with van der Waals surface area (Å²) >= 11 is 5.91. The topological polar surface area (TPSA) is 72.7 Å². The quantitative estimate of drug-likeness (QED) is 0.842. The molecule has 0 bridgehead atoms. The van der Waals surface area contributed by atoms with Crippen molar-refractivity contribution >= 4 is 17.5 Å². The summed E-state index contributed by atoms with van der Waals surface area (Å²) in [6.45, 7) is 3.92. The predicted octanol–water partition coefficient (Wildman–Crippen LogP) is 1.23. The minimum atomic E-state index is -0.239. The average Bonchev–Trinajstić information content (AvgIpc) is 2.89. The van der Waals surface area contributed by atoms with Crippen LogP contribution >= 0.6 is 11.6 Å². The highest BCUT2D eigenvalue weighted by atomic mass is 35.5. The maximum absolute atomic E-state index is 11.9. The zero-order valence-corrected chi connectivity index (χ0v) is 10.1. The summed E-state index contributed by atoms with van der Waals surface area (Å²) in [6, 6.07) is 4.89. The van der Waals surface area contributed by atoms with Crippen LogP contribution in [0.15, 0.2) is 37.2 Å². The molecule has 0 unspecified atom stereocenters. The first-order valence-corrected chi connectivity index (χ1v) is 5.52. The van der Waals surface area contributed by atoms with Crippen molar-refractivity contribution in [3.8, 4) is 5.69 Å². The molecule has 0 aliphatic carbocycles. The van der Waals surface area contributed by atoms with Gasteiger partial charge in [0.15, 0.2) is 0 Å². The third-order valence-electron chi connectivity index (χ3n) is 2.21. The third-order valence-corrected chi connectivity index (χ3v) is 2.44. The van der Waals surface area contributed by atoms with Crippen LogP contribution in [-0.2, 0) is 0 Å². The molecule has 6 nitrogen and oxygen atoms in total. The second-order valence-corrected chi connectivity index (χ2v) is 3.85. The summed E-state index contributed by atoms with van der Waals surface area (Å²) in [5.74, 6) is -0.239. The highest BCUT2D eigenvalue weighted by Gasteiger charge is 2.13. The van der Waals surface area contributed by atoms with Crippen molar-refractivity contribution in [2.75, 3.05) is 6.54 Å². The van der Waals surface area contributed by atoms with Crippen LogP contribution in [0.25, 0.3) is 5.69 Å². The molecule has 0 atom stereocenters. The van der Waals surface area contributed by atoms with E-state index in [-0.39, 0.29) is 5.91 Å².